The van der Waals surface area contributed by atoms with Crippen molar-refractivity contribution in [3.8, 4) is 11.5 Å². The molecule has 1 fully saturated rings. The molecule has 4 aliphatic rings. The summed E-state index contributed by atoms with van der Waals surface area (Å²) in [5.74, 6) is -6.60. The van der Waals surface area contributed by atoms with Gasteiger partial charge in [-0.3, -0.25) is 19.2 Å². The van der Waals surface area contributed by atoms with Gasteiger partial charge in [0.1, 0.15) is 17.1 Å². The summed E-state index contributed by atoms with van der Waals surface area (Å²) >= 11 is 0. The molecule has 42 heavy (non-hydrogen) atoms. The van der Waals surface area contributed by atoms with E-state index >= 15 is 0 Å². The van der Waals surface area contributed by atoms with Crippen LogP contribution in [-0.2, 0) is 25.6 Å². The molecule has 1 heterocycles. The fraction of sp³-hybridized carbons (Fsp3) is 0.242. The number of rotatable bonds is 5. The molecule has 0 unspecified atom stereocenters. The van der Waals surface area contributed by atoms with Crippen LogP contribution in [0.3, 0.4) is 0 Å². The largest absolute Gasteiger partial charge is 0.507 e. The van der Waals surface area contributed by atoms with Gasteiger partial charge in [0.05, 0.1) is 17.5 Å². The molecule has 0 spiro atoms. The summed E-state index contributed by atoms with van der Waals surface area (Å²) in [7, 11) is 0. The van der Waals surface area contributed by atoms with Crippen molar-refractivity contribution in [2.24, 2.45) is 17.8 Å². The third kappa shape index (κ3) is 3.88. The Hall–Kier alpha value is -5.05. The van der Waals surface area contributed by atoms with Gasteiger partial charge in [-0.2, -0.15) is 0 Å². The van der Waals surface area contributed by atoms with Gasteiger partial charge in [-0.25, -0.2) is 9.69 Å². The highest BCUT2D eigenvalue weighted by atomic mass is 16.4. The summed E-state index contributed by atoms with van der Waals surface area (Å²) in [5, 5.41) is 30.8. The molecule has 1 aliphatic heterocycles. The molecule has 2 amide bonds. The van der Waals surface area contributed by atoms with Crippen LogP contribution in [0.4, 0.5) is 5.69 Å². The number of imide groups is 1. The number of fused-ring (bicyclic) bond motifs is 3. The predicted molar refractivity (Wildman–Crippen MR) is 151 cm³/mol. The van der Waals surface area contributed by atoms with E-state index in [0.29, 0.717) is 28.7 Å². The summed E-state index contributed by atoms with van der Waals surface area (Å²) < 4.78 is 0. The first-order chi connectivity index (χ1) is 20.0. The molecular weight excluding hydrogens is 538 g/mol. The van der Waals surface area contributed by atoms with Crippen molar-refractivity contribution in [2.75, 3.05) is 4.90 Å². The number of para-hydroxylation sites is 1. The van der Waals surface area contributed by atoms with Crippen molar-refractivity contribution >= 4 is 35.0 Å². The lowest BCUT2D eigenvalue weighted by Gasteiger charge is -2.42. The molecule has 0 bridgehead atoms. The molecule has 9 heteroatoms. The van der Waals surface area contributed by atoms with E-state index in [1.807, 2.05) is 6.08 Å². The number of carbonyl (C=O) groups excluding carboxylic acids is 4. The number of Topliss-reactive ketones (excluding diaryl/α,β-unsaturated/α-hetero) is 1. The number of carboxylic acids is 1. The van der Waals surface area contributed by atoms with E-state index in [4.69, 9.17) is 0 Å². The van der Waals surface area contributed by atoms with E-state index in [0.717, 1.165) is 17.0 Å². The SMILES string of the molecule is C=CCc1cccc([C@H]2C3=CC[C@@H]4C(=O)N(c5ccc(C(=O)O)c(O)c5)C(=O)[C@@H]4[C@@H]3CC3=C2C(=O)C(C)=CC3=O)c1O. The maximum absolute atomic E-state index is 14.0. The van der Waals surface area contributed by atoms with Crippen LogP contribution in [0.15, 0.2) is 83.5 Å². The minimum absolute atomic E-state index is 0.0187. The molecule has 0 saturated carbocycles. The van der Waals surface area contributed by atoms with Gasteiger partial charge in [0.15, 0.2) is 11.6 Å². The summed E-state index contributed by atoms with van der Waals surface area (Å²) in [6.07, 6.45) is 5.45. The van der Waals surface area contributed by atoms with Gasteiger partial charge in [0.25, 0.3) is 0 Å². The number of benzene rings is 2. The molecule has 0 aromatic heterocycles. The predicted octanol–water partition coefficient (Wildman–Crippen LogP) is 4.16. The average Bonchev–Trinajstić information content (AvgIpc) is 3.21. The summed E-state index contributed by atoms with van der Waals surface area (Å²) in [6.45, 7) is 5.33. The second kappa shape index (κ2) is 9.80. The second-order valence-corrected chi connectivity index (χ2v) is 11.1. The number of aromatic carboxylic acids is 1. The minimum Gasteiger partial charge on any atom is -0.507 e. The Kier molecular flexibility index (Phi) is 6.33. The van der Waals surface area contributed by atoms with E-state index in [2.05, 4.69) is 6.58 Å². The van der Waals surface area contributed by atoms with Crippen molar-refractivity contribution in [1.82, 2.24) is 0 Å². The molecule has 9 nitrogen and oxygen atoms in total. The quantitative estimate of drug-likeness (QED) is 0.278. The monoisotopic (exact) mass is 565 g/mol. The number of hydrogen-bond donors (Lipinski definition) is 3. The molecule has 2 aromatic rings. The average molecular weight is 566 g/mol. The maximum Gasteiger partial charge on any atom is 0.339 e. The van der Waals surface area contributed by atoms with Gasteiger partial charge in [-0.15, -0.1) is 6.58 Å². The van der Waals surface area contributed by atoms with Gasteiger partial charge >= 0.3 is 5.97 Å². The zero-order valence-electron chi connectivity index (χ0n) is 22.7. The topological polar surface area (TPSA) is 149 Å². The number of phenols is 2. The highest BCUT2D eigenvalue weighted by Gasteiger charge is 2.57. The molecule has 3 N–H and O–H groups in total. The number of nitrogens with zero attached hydrogens (tertiary/aromatic N) is 1. The highest BCUT2D eigenvalue weighted by molar-refractivity contribution is 6.25. The first-order valence-corrected chi connectivity index (χ1v) is 13.6. The molecule has 6 rings (SSSR count). The number of carbonyl (C=O) groups is 5. The minimum atomic E-state index is -1.35. The standard InChI is InChI=1S/C33H27NO8/c1-3-5-16-6-4-7-20(30(16)38)26-18-10-11-21-27(22(18)14-23-24(35)12-15(2)29(37)28(23)26)32(40)34(31(21)39)17-8-9-19(33(41)42)25(36)13-17/h3-4,6-10,12-13,21-22,26-27,36,38H,1,5,11,14H2,2H3,(H,41,42)/t21-,22+,26+,27-/m0/s1. The molecular formula is C33H27NO8. The van der Waals surface area contributed by atoms with Crippen LogP contribution < -0.4 is 4.90 Å². The lowest BCUT2D eigenvalue weighted by molar-refractivity contribution is -0.123. The fourth-order valence-corrected chi connectivity index (χ4v) is 6.98. The Morgan fingerprint density at radius 3 is 2.52 bits per heavy atom. The molecule has 2 aromatic carbocycles. The second-order valence-electron chi connectivity index (χ2n) is 11.1. The molecule has 0 radical (unpaired) electrons. The molecule has 1 saturated heterocycles. The van der Waals surface area contributed by atoms with Crippen LogP contribution in [0.2, 0.25) is 0 Å². The highest BCUT2D eigenvalue weighted by Crippen LogP contribution is 2.56. The summed E-state index contributed by atoms with van der Waals surface area (Å²) in [4.78, 5) is 66.8. The Bertz CT molecular complexity index is 1740. The lowest BCUT2D eigenvalue weighted by Crippen LogP contribution is -2.39. The maximum atomic E-state index is 14.0. The van der Waals surface area contributed by atoms with E-state index < -0.39 is 47.2 Å². The smallest absolute Gasteiger partial charge is 0.339 e. The van der Waals surface area contributed by atoms with Gasteiger partial charge in [-0.1, -0.05) is 35.9 Å². The van der Waals surface area contributed by atoms with Gasteiger partial charge in [0, 0.05) is 34.3 Å². The Morgan fingerprint density at radius 1 is 1.07 bits per heavy atom. The van der Waals surface area contributed by atoms with E-state index in [9.17, 15) is 39.3 Å². The van der Waals surface area contributed by atoms with Crippen molar-refractivity contribution < 1.29 is 39.3 Å². The normalized spacial score (nSPS) is 25.0. The number of hydrogen-bond acceptors (Lipinski definition) is 7. The van der Waals surface area contributed by atoms with E-state index in [1.165, 1.54) is 12.1 Å². The Balaban J connectivity index is 1.48. The number of aromatic hydroxyl groups is 2. The number of anilines is 1. The number of carboxylic acid groups (broad SMARTS) is 1. The Labute approximate surface area is 240 Å². The molecule has 4 atom stereocenters. The van der Waals surface area contributed by atoms with Crippen LogP contribution in [0.5, 0.6) is 11.5 Å². The van der Waals surface area contributed by atoms with Crippen molar-refractivity contribution in [1.29, 1.82) is 0 Å². The third-order valence-electron chi connectivity index (χ3n) is 8.86. The summed E-state index contributed by atoms with van der Waals surface area (Å²) in [6, 6.07) is 8.74. The molecule has 3 aliphatic carbocycles. The first-order valence-electron chi connectivity index (χ1n) is 13.6. The van der Waals surface area contributed by atoms with Crippen molar-refractivity contribution in [2.45, 2.75) is 32.1 Å². The van der Waals surface area contributed by atoms with Gasteiger partial charge in [-0.05, 0) is 55.9 Å². The third-order valence-corrected chi connectivity index (χ3v) is 8.86. The molecule has 212 valence electrons. The lowest BCUT2D eigenvalue weighted by atomic mass is 9.59. The number of phenolic OH excluding ortho intramolecular Hbond substituents is 1. The van der Waals surface area contributed by atoms with Crippen LogP contribution in [-0.4, -0.2) is 44.7 Å². The zero-order chi connectivity index (χ0) is 30.0. The van der Waals surface area contributed by atoms with Crippen LogP contribution in [0, 0.1) is 17.8 Å². The summed E-state index contributed by atoms with van der Waals surface area (Å²) in [5.41, 5.74) is 2.28. The van der Waals surface area contributed by atoms with Crippen LogP contribution >= 0.6 is 0 Å². The van der Waals surface area contributed by atoms with Crippen LogP contribution in [0.1, 0.15) is 47.2 Å². The van der Waals surface area contributed by atoms with Gasteiger partial charge in [0.2, 0.25) is 11.8 Å². The number of ketones is 2. The van der Waals surface area contributed by atoms with E-state index in [1.54, 1.807) is 31.2 Å². The van der Waals surface area contributed by atoms with Gasteiger partial charge < -0.3 is 15.3 Å². The Morgan fingerprint density at radius 2 is 1.83 bits per heavy atom. The fourth-order valence-electron chi connectivity index (χ4n) is 6.98. The zero-order valence-corrected chi connectivity index (χ0v) is 22.7. The van der Waals surface area contributed by atoms with Crippen LogP contribution in [0.25, 0.3) is 0 Å². The van der Waals surface area contributed by atoms with E-state index in [-0.39, 0.29) is 52.6 Å². The van der Waals surface area contributed by atoms with Crippen molar-refractivity contribution in [3.05, 3.63) is 100 Å². The first kappa shape index (κ1) is 27.1. The van der Waals surface area contributed by atoms with Crippen molar-refractivity contribution in [3.63, 3.8) is 0 Å². The number of allylic oxidation sites excluding steroid dienone is 7. The number of amides is 2.